The first-order chi connectivity index (χ1) is 10.1. The molecule has 0 heterocycles. The molecule has 0 fully saturated rings. The zero-order valence-corrected chi connectivity index (χ0v) is 13.8. The fraction of sp³-hybridized carbons (Fsp3) is 0.118. The predicted molar refractivity (Wildman–Crippen MR) is 89.1 cm³/mol. The Morgan fingerprint density at radius 2 is 2.00 bits per heavy atom. The Kier molecular flexibility index (Phi) is 5.59. The molecule has 0 unspecified atom stereocenters. The van der Waals surface area contributed by atoms with E-state index in [1.807, 2.05) is 42.5 Å². The first-order valence-electron chi connectivity index (χ1n) is 6.45. The van der Waals surface area contributed by atoms with E-state index in [1.165, 1.54) is 6.08 Å². The quantitative estimate of drug-likeness (QED) is 0.534. The van der Waals surface area contributed by atoms with Crippen molar-refractivity contribution in [3.8, 4) is 0 Å². The van der Waals surface area contributed by atoms with Gasteiger partial charge in [0, 0.05) is 21.1 Å². The smallest absolute Gasteiger partial charge is 0.331 e. The van der Waals surface area contributed by atoms with Crippen molar-refractivity contribution in [1.29, 1.82) is 0 Å². The van der Waals surface area contributed by atoms with Gasteiger partial charge in [0.15, 0.2) is 0 Å². The minimum absolute atomic E-state index is 0.390. The largest absolute Gasteiger partial charge is 0.455 e. The molecule has 0 aromatic heterocycles. The molecule has 0 saturated heterocycles. The van der Waals surface area contributed by atoms with Crippen molar-refractivity contribution in [2.45, 2.75) is 13.0 Å². The van der Waals surface area contributed by atoms with Crippen LogP contribution in [0.2, 0.25) is 5.02 Å². The highest BCUT2D eigenvalue weighted by Crippen LogP contribution is 2.25. The molecule has 0 saturated carbocycles. The van der Waals surface area contributed by atoms with Gasteiger partial charge in [-0.05, 0) is 36.8 Å². The summed E-state index contributed by atoms with van der Waals surface area (Å²) in [4.78, 5) is 11.8. The third kappa shape index (κ3) is 4.73. The third-order valence-electron chi connectivity index (χ3n) is 2.90. The number of hydrogen-bond donors (Lipinski definition) is 0. The van der Waals surface area contributed by atoms with Crippen LogP contribution >= 0.6 is 27.5 Å². The minimum Gasteiger partial charge on any atom is -0.455 e. The van der Waals surface area contributed by atoms with E-state index >= 15 is 0 Å². The standard InChI is InChI=1S/C17H14BrClO2/c1-12(15-7-2-3-8-16(15)19)21-17(20)10-9-13-5-4-6-14(18)11-13/h2-12H,1H3/b10-9+/t12-/m1/s1. The number of hydrogen-bond acceptors (Lipinski definition) is 2. The minimum atomic E-state index is -0.401. The highest BCUT2D eigenvalue weighted by atomic mass is 79.9. The second kappa shape index (κ2) is 7.43. The molecule has 21 heavy (non-hydrogen) atoms. The Labute approximate surface area is 137 Å². The van der Waals surface area contributed by atoms with Crippen molar-refractivity contribution in [3.63, 3.8) is 0 Å². The maximum Gasteiger partial charge on any atom is 0.331 e. The lowest BCUT2D eigenvalue weighted by atomic mass is 10.1. The van der Waals surface area contributed by atoms with E-state index in [2.05, 4.69) is 15.9 Å². The Bertz CT molecular complexity index is 667. The number of benzene rings is 2. The van der Waals surface area contributed by atoms with Gasteiger partial charge in [-0.15, -0.1) is 0 Å². The summed E-state index contributed by atoms with van der Waals surface area (Å²) in [6, 6.07) is 15.0. The van der Waals surface area contributed by atoms with Gasteiger partial charge in [0.1, 0.15) is 6.10 Å². The first kappa shape index (κ1) is 15.8. The van der Waals surface area contributed by atoms with Crippen LogP contribution in [0, 0.1) is 0 Å². The highest BCUT2D eigenvalue weighted by molar-refractivity contribution is 9.10. The fourth-order valence-electron chi connectivity index (χ4n) is 1.86. The molecule has 1 atom stereocenters. The maximum atomic E-state index is 11.8. The van der Waals surface area contributed by atoms with Crippen molar-refractivity contribution >= 4 is 39.6 Å². The third-order valence-corrected chi connectivity index (χ3v) is 3.73. The summed E-state index contributed by atoms with van der Waals surface area (Å²) in [6.07, 6.45) is 2.74. The molecular weight excluding hydrogens is 352 g/mol. The molecule has 2 nitrogen and oxygen atoms in total. The molecule has 2 aromatic rings. The van der Waals surface area contributed by atoms with E-state index in [0.29, 0.717) is 5.02 Å². The summed E-state index contributed by atoms with van der Waals surface area (Å²) < 4.78 is 6.31. The molecule has 2 rings (SSSR count). The second-order valence-corrected chi connectivity index (χ2v) is 5.81. The molecule has 0 spiro atoms. The summed E-state index contributed by atoms with van der Waals surface area (Å²) in [5.74, 6) is -0.401. The Morgan fingerprint density at radius 3 is 2.71 bits per heavy atom. The second-order valence-electron chi connectivity index (χ2n) is 4.49. The van der Waals surface area contributed by atoms with Gasteiger partial charge in [0.2, 0.25) is 0 Å². The lowest BCUT2D eigenvalue weighted by Crippen LogP contribution is -2.06. The normalized spacial score (nSPS) is 12.3. The lowest BCUT2D eigenvalue weighted by Gasteiger charge is -2.13. The molecule has 108 valence electrons. The van der Waals surface area contributed by atoms with Gasteiger partial charge in [0.25, 0.3) is 0 Å². The van der Waals surface area contributed by atoms with Crippen molar-refractivity contribution in [3.05, 3.63) is 75.2 Å². The number of ether oxygens (including phenoxy) is 1. The number of esters is 1. The van der Waals surface area contributed by atoms with E-state index in [1.54, 1.807) is 19.1 Å². The van der Waals surface area contributed by atoms with E-state index in [4.69, 9.17) is 16.3 Å². The number of carbonyl (C=O) groups is 1. The van der Waals surface area contributed by atoms with Crippen LogP contribution < -0.4 is 0 Å². The zero-order chi connectivity index (χ0) is 15.2. The van der Waals surface area contributed by atoms with Crippen LogP contribution in [0.5, 0.6) is 0 Å². The average molecular weight is 366 g/mol. The van der Waals surface area contributed by atoms with Crippen LogP contribution in [0.15, 0.2) is 59.1 Å². The molecular formula is C17H14BrClO2. The Morgan fingerprint density at radius 1 is 1.24 bits per heavy atom. The molecule has 0 aliphatic heterocycles. The van der Waals surface area contributed by atoms with Gasteiger partial charge >= 0.3 is 5.97 Å². The summed E-state index contributed by atoms with van der Waals surface area (Å²) in [6.45, 7) is 1.80. The van der Waals surface area contributed by atoms with Crippen molar-refractivity contribution in [2.24, 2.45) is 0 Å². The molecule has 2 aromatic carbocycles. The van der Waals surface area contributed by atoms with Crippen molar-refractivity contribution in [1.82, 2.24) is 0 Å². The van der Waals surface area contributed by atoms with E-state index in [0.717, 1.165) is 15.6 Å². The number of carbonyl (C=O) groups excluding carboxylic acids is 1. The lowest BCUT2D eigenvalue weighted by molar-refractivity contribution is -0.142. The summed E-state index contributed by atoms with van der Waals surface area (Å²) in [7, 11) is 0. The van der Waals surface area contributed by atoms with E-state index < -0.39 is 12.1 Å². The van der Waals surface area contributed by atoms with Gasteiger partial charge in [0.05, 0.1) is 0 Å². The number of rotatable bonds is 4. The molecule has 4 heteroatoms. The van der Waals surface area contributed by atoms with Crippen molar-refractivity contribution in [2.75, 3.05) is 0 Å². The van der Waals surface area contributed by atoms with Crippen LogP contribution in [-0.4, -0.2) is 5.97 Å². The topological polar surface area (TPSA) is 26.3 Å². The van der Waals surface area contributed by atoms with Gasteiger partial charge in [-0.1, -0.05) is 57.9 Å². The highest BCUT2D eigenvalue weighted by Gasteiger charge is 2.12. The average Bonchev–Trinajstić information content (AvgIpc) is 2.45. The summed E-state index contributed by atoms with van der Waals surface area (Å²) in [5, 5.41) is 0.591. The molecule has 0 radical (unpaired) electrons. The van der Waals surface area contributed by atoms with Gasteiger partial charge in [-0.25, -0.2) is 4.79 Å². The molecule has 0 aliphatic carbocycles. The fourth-order valence-corrected chi connectivity index (χ4v) is 2.56. The zero-order valence-electron chi connectivity index (χ0n) is 11.4. The van der Waals surface area contributed by atoms with Crippen LogP contribution in [0.1, 0.15) is 24.2 Å². The van der Waals surface area contributed by atoms with Crippen LogP contribution in [-0.2, 0) is 9.53 Å². The SMILES string of the molecule is C[C@@H](OC(=O)/C=C/c1cccc(Br)c1)c1ccccc1Cl. The van der Waals surface area contributed by atoms with E-state index in [-0.39, 0.29) is 0 Å². The van der Waals surface area contributed by atoms with Gasteiger partial charge in [-0.3, -0.25) is 0 Å². The Hall–Kier alpha value is -1.58. The van der Waals surface area contributed by atoms with Crippen LogP contribution in [0.25, 0.3) is 6.08 Å². The molecule has 0 aliphatic rings. The van der Waals surface area contributed by atoms with Gasteiger partial charge < -0.3 is 4.74 Å². The molecule has 0 bridgehead atoms. The summed E-state index contributed by atoms with van der Waals surface area (Å²) in [5.41, 5.74) is 1.72. The van der Waals surface area contributed by atoms with Crippen LogP contribution in [0.4, 0.5) is 0 Å². The monoisotopic (exact) mass is 364 g/mol. The van der Waals surface area contributed by atoms with E-state index in [9.17, 15) is 4.79 Å². The number of halogens is 2. The van der Waals surface area contributed by atoms with Gasteiger partial charge in [-0.2, -0.15) is 0 Å². The first-order valence-corrected chi connectivity index (χ1v) is 7.62. The molecule has 0 N–H and O–H groups in total. The maximum absolute atomic E-state index is 11.8. The predicted octanol–water partition coefficient (Wildman–Crippen LogP) is 5.42. The molecule has 0 amide bonds. The Balaban J connectivity index is 2.00. The summed E-state index contributed by atoms with van der Waals surface area (Å²) >= 11 is 9.46. The van der Waals surface area contributed by atoms with Crippen LogP contribution in [0.3, 0.4) is 0 Å². The van der Waals surface area contributed by atoms with Crippen molar-refractivity contribution < 1.29 is 9.53 Å².